The third kappa shape index (κ3) is 3.21. The molecule has 0 saturated heterocycles. The molecule has 1 amide bonds. The van der Waals surface area contributed by atoms with E-state index in [2.05, 4.69) is 5.32 Å². The molecule has 0 heterocycles. The van der Waals surface area contributed by atoms with Crippen molar-refractivity contribution < 1.29 is 14.5 Å². The second kappa shape index (κ2) is 5.26. The van der Waals surface area contributed by atoms with Crippen molar-refractivity contribution in [3.63, 3.8) is 0 Å². The molecule has 0 radical (unpaired) electrons. The lowest BCUT2D eigenvalue weighted by Crippen LogP contribution is -2.30. The lowest BCUT2D eigenvalue weighted by atomic mass is 10.1. The molecule has 0 unspecified atom stereocenters. The van der Waals surface area contributed by atoms with E-state index in [4.69, 9.17) is 4.74 Å². The Morgan fingerprint density at radius 3 is 2.74 bits per heavy atom. The summed E-state index contributed by atoms with van der Waals surface area (Å²) in [5, 5.41) is 13.7. The van der Waals surface area contributed by atoms with Crippen molar-refractivity contribution in [1.82, 2.24) is 5.32 Å². The third-order valence-electron chi connectivity index (χ3n) is 3.06. The van der Waals surface area contributed by atoms with Gasteiger partial charge in [0, 0.05) is 12.1 Å². The van der Waals surface area contributed by atoms with E-state index in [1.54, 1.807) is 19.9 Å². The van der Waals surface area contributed by atoms with E-state index in [0.717, 1.165) is 18.4 Å². The minimum absolute atomic E-state index is 0.00296. The van der Waals surface area contributed by atoms with Gasteiger partial charge in [-0.1, -0.05) is 0 Å². The summed E-state index contributed by atoms with van der Waals surface area (Å²) in [4.78, 5) is 21.9. The number of aryl methyl sites for hydroxylation is 1. The number of ether oxygens (including phenoxy) is 1. The number of hydrogen-bond donors (Lipinski definition) is 1. The van der Waals surface area contributed by atoms with E-state index >= 15 is 0 Å². The Labute approximate surface area is 110 Å². The molecule has 1 aromatic rings. The van der Waals surface area contributed by atoms with Gasteiger partial charge in [0.05, 0.1) is 10.5 Å². The molecule has 6 nitrogen and oxygen atoms in total. The lowest BCUT2D eigenvalue weighted by Gasteiger charge is -2.12. The standard InChI is InChI=1S/C13H16N2O4/c1-8-3-6-11(15(17)18)9(2)13(8)19-7-12(16)14-10-4-5-10/h3,6,10H,4-5,7H2,1-2H3,(H,14,16). The van der Waals surface area contributed by atoms with Crippen molar-refractivity contribution >= 4 is 11.6 Å². The van der Waals surface area contributed by atoms with Crippen molar-refractivity contribution in [2.75, 3.05) is 6.61 Å². The predicted molar refractivity (Wildman–Crippen MR) is 69.2 cm³/mol. The molecule has 1 fully saturated rings. The summed E-state index contributed by atoms with van der Waals surface area (Å²) in [6.07, 6.45) is 2.03. The third-order valence-corrected chi connectivity index (χ3v) is 3.06. The fourth-order valence-electron chi connectivity index (χ4n) is 1.87. The van der Waals surface area contributed by atoms with E-state index in [1.165, 1.54) is 6.07 Å². The van der Waals surface area contributed by atoms with E-state index in [-0.39, 0.29) is 24.2 Å². The highest BCUT2D eigenvalue weighted by atomic mass is 16.6. The van der Waals surface area contributed by atoms with Gasteiger partial charge in [-0.15, -0.1) is 0 Å². The van der Waals surface area contributed by atoms with Crippen molar-refractivity contribution in [1.29, 1.82) is 0 Å². The number of nitro benzene ring substituents is 1. The van der Waals surface area contributed by atoms with E-state index in [0.29, 0.717) is 11.3 Å². The van der Waals surface area contributed by atoms with Crippen LogP contribution in [0.5, 0.6) is 5.75 Å². The summed E-state index contributed by atoms with van der Waals surface area (Å²) < 4.78 is 5.43. The van der Waals surface area contributed by atoms with Gasteiger partial charge in [-0.05, 0) is 38.3 Å². The highest BCUT2D eigenvalue weighted by Gasteiger charge is 2.24. The van der Waals surface area contributed by atoms with Crippen LogP contribution < -0.4 is 10.1 Å². The molecule has 2 rings (SSSR count). The second-order valence-corrected chi connectivity index (χ2v) is 4.74. The van der Waals surface area contributed by atoms with E-state index < -0.39 is 4.92 Å². The Morgan fingerprint density at radius 1 is 1.47 bits per heavy atom. The molecule has 0 aromatic heterocycles. The van der Waals surface area contributed by atoms with Gasteiger partial charge in [-0.2, -0.15) is 0 Å². The summed E-state index contributed by atoms with van der Waals surface area (Å²) in [6, 6.07) is 3.35. The van der Waals surface area contributed by atoms with Crippen molar-refractivity contribution in [2.24, 2.45) is 0 Å². The van der Waals surface area contributed by atoms with E-state index in [1.807, 2.05) is 0 Å². The van der Waals surface area contributed by atoms with Crippen LogP contribution >= 0.6 is 0 Å². The summed E-state index contributed by atoms with van der Waals surface area (Å²) in [7, 11) is 0. The van der Waals surface area contributed by atoms with Crippen LogP contribution in [0.4, 0.5) is 5.69 Å². The second-order valence-electron chi connectivity index (χ2n) is 4.74. The van der Waals surface area contributed by atoms with Gasteiger partial charge in [-0.25, -0.2) is 0 Å². The molecule has 1 aliphatic rings. The van der Waals surface area contributed by atoms with Gasteiger partial charge in [0.2, 0.25) is 0 Å². The summed E-state index contributed by atoms with van der Waals surface area (Å²) >= 11 is 0. The number of hydrogen-bond acceptors (Lipinski definition) is 4. The van der Waals surface area contributed by atoms with Gasteiger partial charge in [0.1, 0.15) is 5.75 Å². The van der Waals surface area contributed by atoms with Gasteiger partial charge in [0.15, 0.2) is 6.61 Å². The summed E-state index contributed by atoms with van der Waals surface area (Å²) in [6.45, 7) is 3.31. The quantitative estimate of drug-likeness (QED) is 0.650. The molecule has 102 valence electrons. The Morgan fingerprint density at radius 2 is 2.16 bits per heavy atom. The van der Waals surface area contributed by atoms with Crippen LogP contribution in [-0.2, 0) is 4.79 Å². The number of rotatable bonds is 5. The normalized spacial score (nSPS) is 14.0. The molecule has 1 aromatic carbocycles. The first-order valence-electron chi connectivity index (χ1n) is 6.16. The number of nitrogens with one attached hydrogen (secondary N) is 1. The SMILES string of the molecule is Cc1ccc([N+](=O)[O-])c(C)c1OCC(=O)NC1CC1. The first kappa shape index (κ1) is 13.3. The van der Waals surface area contributed by atoms with Crippen LogP contribution in [0.3, 0.4) is 0 Å². The van der Waals surface area contributed by atoms with Crippen molar-refractivity contribution in [3.05, 3.63) is 33.4 Å². The zero-order chi connectivity index (χ0) is 14.0. The maximum atomic E-state index is 11.5. The van der Waals surface area contributed by atoms with Gasteiger partial charge >= 0.3 is 0 Å². The minimum Gasteiger partial charge on any atom is -0.483 e. The average Bonchev–Trinajstić information content (AvgIpc) is 3.12. The summed E-state index contributed by atoms with van der Waals surface area (Å²) in [5.74, 6) is 0.230. The molecule has 0 spiro atoms. The predicted octanol–water partition coefficient (Wildman–Crippen LogP) is 1.87. The topological polar surface area (TPSA) is 81.5 Å². The maximum absolute atomic E-state index is 11.5. The number of benzene rings is 1. The Hall–Kier alpha value is -2.11. The first-order valence-corrected chi connectivity index (χ1v) is 6.16. The van der Waals surface area contributed by atoms with Crippen LogP contribution in [0.15, 0.2) is 12.1 Å². The highest BCUT2D eigenvalue weighted by molar-refractivity contribution is 5.78. The zero-order valence-electron chi connectivity index (χ0n) is 10.9. The average molecular weight is 264 g/mol. The van der Waals surface area contributed by atoms with Crippen LogP contribution in [0.25, 0.3) is 0 Å². The maximum Gasteiger partial charge on any atom is 0.276 e. The van der Waals surface area contributed by atoms with Crippen LogP contribution in [0.2, 0.25) is 0 Å². The number of carbonyl (C=O) groups excluding carboxylic acids is 1. The van der Waals surface area contributed by atoms with Gasteiger partial charge < -0.3 is 10.1 Å². The smallest absolute Gasteiger partial charge is 0.276 e. The van der Waals surface area contributed by atoms with Crippen LogP contribution in [0.1, 0.15) is 24.0 Å². The van der Waals surface area contributed by atoms with Crippen molar-refractivity contribution in [3.8, 4) is 5.75 Å². The molecule has 0 aliphatic heterocycles. The van der Waals surface area contributed by atoms with Crippen molar-refractivity contribution in [2.45, 2.75) is 32.7 Å². The molecular formula is C13H16N2O4. The Kier molecular flexibility index (Phi) is 3.69. The molecular weight excluding hydrogens is 248 g/mol. The highest BCUT2D eigenvalue weighted by Crippen LogP contribution is 2.30. The number of carbonyl (C=O) groups is 1. The molecule has 19 heavy (non-hydrogen) atoms. The zero-order valence-corrected chi connectivity index (χ0v) is 10.9. The fraction of sp³-hybridized carbons (Fsp3) is 0.462. The largest absolute Gasteiger partial charge is 0.483 e. The minimum atomic E-state index is -0.452. The lowest BCUT2D eigenvalue weighted by molar-refractivity contribution is -0.385. The molecule has 1 aliphatic carbocycles. The molecule has 1 N–H and O–H groups in total. The Bertz CT molecular complexity index is 524. The van der Waals surface area contributed by atoms with Crippen LogP contribution in [-0.4, -0.2) is 23.5 Å². The number of nitrogens with zero attached hydrogens (tertiary/aromatic N) is 1. The Balaban J connectivity index is 2.07. The summed E-state index contributed by atoms with van der Waals surface area (Å²) in [5.41, 5.74) is 1.23. The molecule has 0 atom stereocenters. The number of amides is 1. The van der Waals surface area contributed by atoms with Crippen LogP contribution in [0, 0.1) is 24.0 Å². The molecule has 6 heteroatoms. The first-order chi connectivity index (χ1) is 8.99. The number of nitro groups is 1. The van der Waals surface area contributed by atoms with Gasteiger partial charge in [0.25, 0.3) is 11.6 Å². The van der Waals surface area contributed by atoms with Gasteiger partial charge in [-0.3, -0.25) is 14.9 Å². The fourth-order valence-corrected chi connectivity index (χ4v) is 1.87. The monoisotopic (exact) mass is 264 g/mol. The molecule has 1 saturated carbocycles. The molecule has 0 bridgehead atoms. The van der Waals surface area contributed by atoms with E-state index in [9.17, 15) is 14.9 Å².